The largest absolute Gasteiger partial charge is 0.405 e. The summed E-state index contributed by atoms with van der Waals surface area (Å²) in [5.41, 5.74) is 6.63. The van der Waals surface area contributed by atoms with Gasteiger partial charge in [-0.2, -0.15) is 0 Å². The van der Waals surface area contributed by atoms with Gasteiger partial charge in [-0.05, 0) is 31.0 Å². The molecule has 64 valence electrons. The van der Waals surface area contributed by atoms with E-state index in [2.05, 4.69) is 24.3 Å². The van der Waals surface area contributed by atoms with Crippen LogP contribution in [-0.4, -0.2) is 0 Å². The average molecular weight is 161 g/mol. The number of benzene rings is 1. The fourth-order valence-corrected chi connectivity index (χ4v) is 1.16. The summed E-state index contributed by atoms with van der Waals surface area (Å²) in [6.45, 7) is 0. The summed E-state index contributed by atoms with van der Waals surface area (Å²) in [6.07, 6.45) is 7.02. The minimum atomic E-state index is 1.07. The topological polar surface area (TPSA) is 26.0 Å². The summed E-state index contributed by atoms with van der Waals surface area (Å²) in [6, 6.07) is 10.5. The monoisotopic (exact) mass is 161 g/mol. The fraction of sp³-hybridized carbons (Fsp3) is 0.273. The molecule has 0 aliphatic carbocycles. The number of unbranched alkanes of at least 4 members (excludes halogenated alkanes) is 1. The Morgan fingerprint density at radius 1 is 1.17 bits per heavy atom. The van der Waals surface area contributed by atoms with Crippen molar-refractivity contribution in [1.29, 1.82) is 0 Å². The number of hydrogen-bond donors (Lipinski definition) is 1. The third-order valence-corrected chi connectivity index (χ3v) is 1.82. The fourth-order valence-electron chi connectivity index (χ4n) is 1.16. The van der Waals surface area contributed by atoms with Crippen LogP contribution in [0.4, 0.5) is 0 Å². The molecule has 0 heterocycles. The Morgan fingerprint density at radius 2 is 1.92 bits per heavy atom. The number of rotatable bonds is 4. The van der Waals surface area contributed by atoms with Gasteiger partial charge in [0.2, 0.25) is 0 Å². The first-order chi connectivity index (χ1) is 5.93. The highest BCUT2D eigenvalue weighted by atomic mass is 14.5. The van der Waals surface area contributed by atoms with E-state index in [0.29, 0.717) is 0 Å². The molecule has 0 atom stereocenters. The molecule has 0 amide bonds. The summed E-state index contributed by atoms with van der Waals surface area (Å²) in [4.78, 5) is 0. The van der Waals surface area contributed by atoms with E-state index in [4.69, 9.17) is 5.73 Å². The molecule has 0 fully saturated rings. The van der Waals surface area contributed by atoms with E-state index in [1.807, 2.05) is 12.1 Å². The molecule has 0 aliphatic heterocycles. The first-order valence-corrected chi connectivity index (χ1v) is 4.34. The second-order valence-corrected chi connectivity index (χ2v) is 2.81. The minimum Gasteiger partial charge on any atom is -0.405 e. The second-order valence-electron chi connectivity index (χ2n) is 2.81. The van der Waals surface area contributed by atoms with Crippen LogP contribution in [0, 0.1) is 0 Å². The van der Waals surface area contributed by atoms with E-state index in [1.165, 1.54) is 12.0 Å². The van der Waals surface area contributed by atoms with Crippen molar-refractivity contribution in [3.05, 3.63) is 48.2 Å². The Morgan fingerprint density at radius 3 is 2.58 bits per heavy atom. The van der Waals surface area contributed by atoms with Crippen molar-refractivity contribution in [3.63, 3.8) is 0 Å². The van der Waals surface area contributed by atoms with Gasteiger partial charge in [-0.15, -0.1) is 0 Å². The zero-order valence-electron chi connectivity index (χ0n) is 7.24. The molecule has 1 aromatic rings. The van der Waals surface area contributed by atoms with Gasteiger partial charge in [-0.1, -0.05) is 36.4 Å². The highest BCUT2D eigenvalue weighted by molar-refractivity contribution is 5.14. The molecule has 0 unspecified atom stereocenters. The highest BCUT2D eigenvalue weighted by Crippen LogP contribution is 2.04. The van der Waals surface area contributed by atoms with Crippen molar-refractivity contribution < 1.29 is 0 Å². The lowest BCUT2D eigenvalue weighted by atomic mass is 10.1. The molecule has 1 heteroatoms. The van der Waals surface area contributed by atoms with Crippen molar-refractivity contribution >= 4 is 0 Å². The third-order valence-electron chi connectivity index (χ3n) is 1.82. The Bertz CT molecular complexity index is 226. The van der Waals surface area contributed by atoms with Gasteiger partial charge in [0.25, 0.3) is 0 Å². The lowest BCUT2D eigenvalue weighted by Gasteiger charge is -1.97. The lowest BCUT2D eigenvalue weighted by molar-refractivity contribution is 0.841. The molecule has 0 aromatic heterocycles. The number of nitrogens with two attached hydrogens (primary N) is 1. The maximum Gasteiger partial charge on any atom is -0.0103 e. The van der Waals surface area contributed by atoms with Gasteiger partial charge in [-0.3, -0.25) is 0 Å². The average Bonchev–Trinajstić information content (AvgIpc) is 2.14. The minimum absolute atomic E-state index is 1.07. The first kappa shape index (κ1) is 8.85. The van der Waals surface area contributed by atoms with Gasteiger partial charge in [0, 0.05) is 0 Å². The van der Waals surface area contributed by atoms with Gasteiger partial charge >= 0.3 is 0 Å². The predicted molar refractivity (Wildman–Crippen MR) is 52.7 cm³/mol. The molecule has 2 N–H and O–H groups in total. The molecule has 0 saturated carbocycles. The van der Waals surface area contributed by atoms with E-state index in [-0.39, 0.29) is 0 Å². The summed E-state index contributed by atoms with van der Waals surface area (Å²) < 4.78 is 0. The molecular weight excluding hydrogens is 146 g/mol. The summed E-state index contributed by atoms with van der Waals surface area (Å²) >= 11 is 0. The Labute approximate surface area is 73.9 Å². The van der Waals surface area contributed by atoms with Crippen LogP contribution in [0.5, 0.6) is 0 Å². The quantitative estimate of drug-likeness (QED) is 0.674. The molecular formula is C11H15N. The van der Waals surface area contributed by atoms with Crippen LogP contribution < -0.4 is 5.73 Å². The van der Waals surface area contributed by atoms with Crippen molar-refractivity contribution in [2.75, 3.05) is 0 Å². The summed E-state index contributed by atoms with van der Waals surface area (Å²) in [5, 5.41) is 0. The van der Waals surface area contributed by atoms with Gasteiger partial charge in [0.1, 0.15) is 0 Å². The molecule has 0 aliphatic rings. The van der Waals surface area contributed by atoms with Crippen LogP contribution in [0.25, 0.3) is 0 Å². The number of hydrogen-bond acceptors (Lipinski definition) is 1. The number of aryl methyl sites for hydroxylation is 1. The van der Waals surface area contributed by atoms with Gasteiger partial charge in [0.05, 0.1) is 0 Å². The standard InChI is InChI=1S/C11H15N/c12-10-6-2-5-9-11-7-3-1-4-8-11/h1,3-4,6-8,10H,2,5,9,12H2. The van der Waals surface area contributed by atoms with Gasteiger partial charge < -0.3 is 5.73 Å². The summed E-state index contributed by atoms with van der Waals surface area (Å²) in [5.74, 6) is 0. The molecule has 0 saturated heterocycles. The van der Waals surface area contributed by atoms with Crippen LogP contribution in [-0.2, 0) is 6.42 Å². The van der Waals surface area contributed by atoms with Crippen molar-refractivity contribution in [1.82, 2.24) is 0 Å². The molecule has 1 rings (SSSR count). The first-order valence-electron chi connectivity index (χ1n) is 4.34. The van der Waals surface area contributed by atoms with Crippen LogP contribution in [0.1, 0.15) is 18.4 Å². The summed E-state index contributed by atoms with van der Waals surface area (Å²) in [7, 11) is 0. The number of allylic oxidation sites excluding steroid dienone is 1. The van der Waals surface area contributed by atoms with Crippen LogP contribution in [0.2, 0.25) is 0 Å². The maximum absolute atomic E-state index is 5.23. The normalized spacial score (nSPS) is 10.7. The van der Waals surface area contributed by atoms with Crippen molar-refractivity contribution in [3.8, 4) is 0 Å². The van der Waals surface area contributed by atoms with Crippen LogP contribution >= 0.6 is 0 Å². The van der Waals surface area contributed by atoms with E-state index in [1.54, 1.807) is 6.20 Å². The van der Waals surface area contributed by atoms with E-state index < -0.39 is 0 Å². The third kappa shape index (κ3) is 3.24. The predicted octanol–water partition coefficient (Wildman–Crippen LogP) is 2.48. The molecule has 12 heavy (non-hydrogen) atoms. The van der Waals surface area contributed by atoms with Crippen molar-refractivity contribution in [2.24, 2.45) is 5.73 Å². The SMILES string of the molecule is NC=CCCCc1ccccc1. The maximum atomic E-state index is 5.23. The molecule has 0 radical (unpaired) electrons. The van der Waals surface area contributed by atoms with E-state index in [0.717, 1.165) is 12.8 Å². The zero-order valence-corrected chi connectivity index (χ0v) is 7.24. The zero-order chi connectivity index (χ0) is 8.65. The lowest BCUT2D eigenvalue weighted by Crippen LogP contribution is -1.83. The molecule has 1 nitrogen and oxygen atoms in total. The smallest absolute Gasteiger partial charge is 0.0103 e. The van der Waals surface area contributed by atoms with Crippen molar-refractivity contribution in [2.45, 2.75) is 19.3 Å². The van der Waals surface area contributed by atoms with Gasteiger partial charge in [0.15, 0.2) is 0 Å². The van der Waals surface area contributed by atoms with E-state index in [9.17, 15) is 0 Å². The molecule has 0 bridgehead atoms. The Kier molecular flexibility index (Phi) is 4.00. The highest BCUT2D eigenvalue weighted by Gasteiger charge is 1.88. The Hall–Kier alpha value is -1.24. The Balaban J connectivity index is 2.24. The van der Waals surface area contributed by atoms with Gasteiger partial charge in [-0.25, -0.2) is 0 Å². The molecule has 1 aromatic carbocycles. The van der Waals surface area contributed by atoms with Crippen LogP contribution in [0.15, 0.2) is 42.6 Å². The molecule has 0 spiro atoms. The second kappa shape index (κ2) is 5.42. The van der Waals surface area contributed by atoms with E-state index >= 15 is 0 Å². The van der Waals surface area contributed by atoms with Crippen LogP contribution in [0.3, 0.4) is 0 Å².